The Morgan fingerprint density at radius 1 is 1.16 bits per heavy atom. The van der Waals surface area contributed by atoms with Crippen LogP contribution in [0, 0.1) is 0 Å². The number of nitrogens with one attached hydrogen (secondary N) is 4. The van der Waals surface area contributed by atoms with E-state index >= 15 is 0 Å². The summed E-state index contributed by atoms with van der Waals surface area (Å²) in [5.74, 6) is -1.42. The Hall–Kier alpha value is -3.51. The monoisotopic (exact) mass is 554 g/mol. The molecule has 1 fully saturated rings. The number of urea groups is 1. The van der Waals surface area contributed by atoms with E-state index < -0.39 is 41.7 Å². The average molecular weight is 555 g/mol. The van der Waals surface area contributed by atoms with Gasteiger partial charge in [0.25, 0.3) is 5.91 Å². The lowest BCUT2D eigenvalue weighted by atomic mass is 10.1. The number of carbonyl (C=O) groups is 3. The molecule has 1 heterocycles. The van der Waals surface area contributed by atoms with Gasteiger partial charge < -0.3 is 27.0 Å². The zero-order valence-corrected chi connectivity index (χ0v) is 21.7. The molecule has 0 aliphatic carbocycles. The number of hydrogen-bond acceptors (Lipinski definition) is 5. The summed E-state index contributed by atoms with van der Waals surface area (Å²) in [6.07, 6.45) is -4.02. The Morgan fingerprint density at radius 3 is 2.55 bits per heavy atom. The molecule has 13 heteroatoms. The first-order valence-corrected chi connectivity index (χ1v) is 12.3. The molecular formula is C25H30ClF3N6O3. The minimum Gasteiger partial charge on any atom is -0.398 e. The van der Waals surface area contributed by atoms with Crippen molar-refractivity contribution in [1.29, 1.82) is 0 Å². The summed E-state index contributed by atoms with van der Waals surface area (Å²) in [5, 5.41) is 10.6. The lowest BCUT2D eigenvalue weighted by Crippen LogP contribution is -2.43. The maximum atomic E-state index is 13.2. The Kier molecular flexibility index (Phi) is 9.45. The molecule has 1 atom stereocenters. The van der Waals surface area contributed by atoms with Gasteiger partial charge in [0.1, 0.15) is 0 Å². The number of alkyl halides is 3. The minimum absolute atomic E-state index is 0.123. The molecule has 1 saturated heterocycles. The summed E-state index contributed by atoms with van der Waals surface area (Å²) in [4.78, 5) is 39.4. The minimum atomic E-state index is -4.70. The second-order valence-electron chi connectivity index (χ2n) is 9.33. The number of nitrogen functional groups attached to an aromatic ring is 1. The van der Waals surface area contributed by atoms with Gasteiger partial charge in [-0.15, -0.1) is 0 Å². The standard InChI is InChI=1S/C25H30ClF3N6O3/c1-14(2)32-24(38)34-21-6-4-16(25(27,28)29)9-19(21)23(37)31-11-22(36)33-18-7-8-35(13-18)12-15-3-5-17(26)10-20(15)30/h3-6,9-10,14,18H,7-8,11-13,30H2,1-2H3,(H,31,37)(H,33,36)(H2,32,34,38). The molecule has 1 aliphatic rings. The molecule has 0 bridgehead atoms. The van der Waals surface area contributed by atoms with Crippen LogP contribution >= 0.6 is 11.6 Å². The number of rotatable bonds is 8. The molecule has 206 valence electrons. The van der Waals surface area contributed by atoms with Gasteiger partial charge in [0.2, 0.25) is 5.91 Å². The van der Waals surface area contributed by atoms with Gasteiger partial charge >= 0.3 is 12.2 Å². The van der Waals surface area contributed by atoms with Crippen LogP contribution in [-0.4, -0.2) is 54.5 Å². The van der Waals surface area contributed by atoms with E-state index in [1.54, 1.807) is 26.0 Å². The van der Waals surface area contributed by atoms with Crippen molar-refractivity contribution in [3.8, 4) is 0 Å². The van der Waals surface area contributed by atoms with Crippen LogP contribution in [0.25, 0.3) is 0 Å². The molecule has 0 spiro atoms. The van der Waals surface area contributed by atoms with E-state index in [4.69, 9.17) is 17.3 Å². The summed E-state index contributed by atoms with van der Waals surface area (Å²) in [6.45, 7) is 4.82. The normalized spacial score (nSPS) is 15.8. The van der Waals surface area contributed by atoms with E-state index in [0.717, 1.165) is 24.2 Å². The maximum Gasteiger partial charge on any atom is 0.416 e. The van der Waals surface area contributed by atoms with Crippen molar-refractivity contribution in [3.63, 3.8) is 0 Å². The SMILES string of the molecule is CC(C)NC(=O)Nc1ccc(C(F)(F)F)cc1C(=O)NCC(=O)NC1CCN(Cc2ccc(Cl)cc2N)C1. The van der Waals surface area contributed by atoms with Crippen LogP contribution in [0.3, 0.4) is 0 Å². The molecule has 2 aromatic rings. The van der Waals surface area contributed by atoms with Crippen molar-refractivity contribution in [1.82, 2.24) is 20.9 Å². The van der Waals surface area contributed by atoms with Crippen molar-refractivity contribution >= 4 is 40.8 Å². The molecule has 0 saturated carbocycles. The summed E-state index contributed by atoms with van der Waals surface area (Å²) >= 11 is 5.94. The fraction of sp³-hybridized carbons (Fsp3) is 0.400. The second kappa shape index (κ2) is 12.4. The van der Waals surface area contributed by atoms with E-state index in [9.17, 15) is 27.6 Å². The topological polar surface area (TPSA) is 129 Å². The van der Waals surface area contributed by atoms with Gasteiger partial charge in [0.15, 0.2) is 0 Å². The van der Waals surface area contributed by atoms with Crippen LogP contribution in [0.1, 0.15) is 41.8 Å². The number of anilines is 2. The molecule has 4 amide bonds. The Bertz CT molecular complexity index is 1190. The van der Waals surface area contributed by atoms with Crippen LogP contribution in [0.2, 0.25) is 5.02 Å². The zero-order valence-electron chi connectivity index (χ0n) is 20.9. The fourth-order valence-corrected chi connectivity index (χ4v) is 4.20. The van der Waals surface area contributed by atoms with Gasteiger partial charge in [0.05, 0.1) is 23.4 Å². The number of benzene rings is 2. The number of hydrogen-bond donors (Lipinski definition) is 5. The van der Waals surface area contributed by atoms with Gasteiger partial charge in [-0.05, 0) is 56.2 Å². The van der Waals surface area contributed by atoms with E-state index in [2.05, 4.69) is 26.2 Å². The summed E-state index contributed by atoms with van der Waals surface area (Å²) in [5.41, 5.74) is 5.91. The summed E-state index contributed by atoms with van der Waals surface area (Å²) in [6, 6.07) is 6.59. The summed E-state index contributed by atoms with van der Waals surface area (Å²) in [7, 11) is 0. The molecule has 0 aromatic heterocycles. The third-order valence-corrected chi connectivity index (χ3v) is 6.04. The van der Waals surface area contributed by atoms with E-state index in [-0.39, 0.29) is 17.8 Å². The van der Waals surface area contributed by atoms with Crippen molar-refractivity contribution in [2.75, 3.05) is 30.7 Å². The van der Waals surface area contributed by atoms with Crippen LogP contribution in [-0.2, 0) is 17.5 Å². The predicted octanol–water partition coefficient (Wildman–Crippen LogP) is 3.59. The van der Waals surface area contributed by atoms with Crippen LogP contribution in [0.15, 0.2) is 36.4 Å². The van der Waals surface area contributed by atoms with E-state index in [1.807, 2.05) is 6.07 Å². The average Bonchev–Trinajstić information content (AvgIpc) is 3.25. The Labute approximate surface area is 223 Å². The Morgan fingerprint density at radius 2 is 1.89 bits per heavy atom. The number of carbonyl (C=O) groups excluding carboxylic acids is 3. The molecule has 1 aliphatic heterocycles. The van der Waals surface area contributed by atoms with Crippen molar-refractivity contribution in [2.45, 2.75) is 45.1 Å². The third kappa shape index (κ3) is 8.25. The first-order valence-electron chi connectivity index (χ1n) is 11.9. The molecule has 9 nitrogen and oxygen atoms in total. The number of likely N-dealkylation sites (tertiary alicyclic amines) is 1. The highest BCUT2D eigenvalue weighted by atomic mass is 35.5. The molecule has 38 heavy (non-hydrogen) atoms. The van der Waals surface area contributed by atoms with Crippen LogP contribution in [0.4, 0.5) is 29.3 Å². The van der Waals surface area contributed by atoms with Gasteiger partial charge in [-0.2, -0.15) is 13.2 Å². The lowest BCUT2D eigenvalue weighted by Gasteiger charge is -2.18. The highest BCUT2D eigenvalue weighted by molar-refractivity contribution is 6.30. The molecule has 3 rings (SSSR count). The Balaban J connectivity index is 1.57. The second-order valence-corrected chi connectivity index (χ2v) is 9.76. The van der Waals surface area contributed by atoms with Crippen LogP contribution < -0.4 is 27.0 Å². The third-order valence-electron chi connectivity index (χ3n) is 5.81. The van der Waals surface area contributed by atoms with Crippen molar-refractivity contribution < 1.29 is 27.6 Å². The molecule has 2 aromatic carbocycles. The first-order chi connectivity index (χ1) is 17.8. The van der Waals surface area contributed by atoms with E-state index in [0.29, 0.717) is 36.3 Å². The molecular weight excluding hydrogens is 525 g/mol. The fourth-order valence-electron chi connectivity index (χ4n) is 4.02. The predicted molar refractivity (Wildman–Crippen MR) is 139 cm³/mol. The number of halogens is 4. The molecule has 1 unspecified atom stereocenters. The zero-order chi connectivity index (χ0) is 28.0. The quantitative estimate of drug-likeness (QED) is 0.319. The highest BCUT2D eigenvalue weighted by Crippen LogP contribution is 2.32. The molecule has 0 radical (unpaired) electrons. The van der Waals surface area contributed by atoms with Crippen LogP contribution in [0.5, 0.6) is 0 Å². The number of nitrogens with two attached hydrogens (primary N) is 1. The van der Waals surface area contributed by atoms with Gasteiger partial charge in [-0.3, -0.25) is 14.5 Å². The largest absolute Gasteiger partial charge is 0.416 e. The van der Waals surface area contributed by atoms with Gasteiger partial charge in [0, 0.05) is 42.4 Å². The smallest absolute Gasteiger partial charge is 0.398 e. The maximum absolute atomic E-state index is 13.2. The first kappa shape index (κ1) is 29.1. The number of amides is 4. The summed E-state index contributed by atoms with van der Waals surface area (Å²) < 4.78 is 39.7. The van der Waals surface area contributed by atoms with E-state index in [1.165, 1.54) is 0 Å². The van der Waals surface area contributed by atoms with Crippen molar-refractivity contribution in [3.05, 3.63) is 58.1 Å². The molecule has 6 N–H and O–H groups in total. The van der Waals surface area contributed by atoms with Crippen molar-refractivity contribution in [2.24, 2.45) is 0 Å². The van der Waals surface area contributed by atoms with Gasteiger partial charge in [-0.25, -0.2) is 4.79 Å². The highest BCUT2D eigenvalue weighted by Gasteiger charge is 2.32. The number of nitrogens with zero attached hydrogens (tertiary/aromatic N) is 1. The van der Waals surface area contributed by atoms with Gasteiger partial charge in [-0.1, -0.05) is 17.7 Å². The lowest BCUT2D eigenvalue weighted by molar-refractivity contribution is -0.137.